The maximum Gasteiger partial charge on any atom is 0.573 e. The predicted octanol–water partition coefficient (Wildman–Crippen LogP) is 4.21. The second kappa shape index (κ2) is 8.67. The Hall–Kier alpha value is -3.31. The fourth-order valence-electron chi connectivity index (χ4n) is 2.77. The van der Waals surface area contributed by atoms with Gasteiger partial charge in [-0.25, -0.2) is 8.42 Å². The van der Waals surface area contributed by atoms with Gasteiger partial charge in [0.1, 0.15) is 5.75 Å². The normalized spacial score (nSPS) is 11.8. The van der Waals surface area contributed by atoms with Crippen LogP contribution in [-0.2, 0) is 10.0 Å². The average molecular weight is 487 g/mol. The van der Waals surface area contributed by atoms with Crippen LogP contribution in [0.4, 0.5) is 18.9 Å². The van der Waals surface area contributed by atoms with Crippen molar-refractivity contribution < 1.29 is 35.9 Å². The second-order valence-corrected chi connectivity index (χ2v) is 8.60. The number of benzene rings is 2. The number of alkyl halides is 3. The molecule has 1 N–H and O–H groups in total. The van der Waals surface area contributed by atoms with E-state index in [2.05, 4.69) is 9.46 Å². The van der Waals surface area contributed by atoms with Crippen LogP contribution >= 0.6 is 11.6 Å². The molecule has 7 nitrogen and oxygen atoms in total. The Balaban J connectivity index is 1.95. The van der Waals surface area contributed by atoms with Crippen LogP contribution in [0, 0.1) is 12.1 Å². The molecule has 1 aromatic heterocycles. The smallest absolute Gasteiger partial charge is 0.573 e. The number of halogens is 4. The number of ether oxygens (including phenoxy) is 1. The van der Waals surface area contributed by atoms with Crippen molar-refractivity contribution >= 4 is 33.1 Å². The van der Waals surface area contributed by atoms with Crippen molar-refractivity contribution in [3.8, 4) is 5.75 Å². The number of ketones is 1. The number of hydrogen-bond acceptors (Lipinski definition) is 5. The third-order valence-corrected chi connectivity index (χ3v) is 5.90. The van der Waals surface area contributed by atoms with Crippen molar-refractivity contribution in [1.82, 2.24) is 0 Å². The van der Waals surface area contributed by atoms with Crippen LogP contribution in [0.1, 0.15) is 21.6 Å². The zero-order chi connectivity index (χ0) is 23.7. The number of anilines is 1. The third-order valence-electron chi connectivity index (χ3n) is 4.29. The molecular formula is C20H14ClF3N2O5S. The topological polar surface area (TPSA) is 99.4 Å². The van der Waals surface area contributed by atoms with Crippen molar-refractivity contribution in [3.05, 3.63) is 87.8 Å². The summed E-state index contributed by atoms with van der Waals surface area (Å²) in [5, 5.41) is 11.9. The van der Waals surface area contributed by atoms with Gasteiger partial charge in [-0.05, 0) is 48.5 Å². The van der Waals surface area contributed by atoms with Gasteiger partial charge >= 0.3 is 6.36 Å². The zero-order valence-electron chi connectivity index (χ0n) is 16.2. The van der Waals surface area contributed by atoms with E-state index < -0.39 is 27.9 Å². The molecule has 0 saturated heterocycles. The van der Waals surface area contributed by atoms with Gasteiger partial charge in [-0.1, -0.05) is 11.6 Å². The van der Waals surface area contributed by atoms with Crippen LogP contribution in [0.3, 0.4) is 0 Å². The monoisotopic (exact) mass is 486 g/mol. The summed E-state index contributed by atoms with van der Waals surface area (Å²) in [4.78, 5) is 12.7. The minimum Gasteiger partial charge on any atom is -0.618 e. The number of rotatable bonds is 6. The summed E-state index contributed by atoms with van der Waals surface area (Å²) < 4.78 is 68.8. The number of hydrogen-bond donors (Lipinski definition) is 1. The average Bonchev–Trinajstić information content (AvgIpc) is 2.70. The molecule has 168 valence electrons. The van der Waals surface area contributed by atoms with Gasteiger partial charge in [0.15, 0.2) is 6.20 Å². The van der Waals surface area contributed by atoms with Gasteiger partial charge in [-0.3, -0.25) is 9.52 Å². The van der Waals surface area contributed by atoms with Crippen molar-refractivity contribution in [3.63, 3.8) is 0 Å². The first kappa shape index (κ1) is 23.4. The Bertz CT molecular complexity index is 1280. The number of nitrogens with one attached hydrogen (secondary N) is 1. The number of carbonyl (C=O) groups excluding carboxylic acids is 1. The maximum atomic E-state index is 13.0. The van der Waals surface area contributed by atoms with Crippen LogP contribution < -0.4 is 14.2 Å². The van der Waals surface area contributed by atoms with Crippen LogP contribution in [0.2, 0.25) is 5.02 Å². The van der Waals surface area contributed by atoms with E-state index in [-0.39, 0.29) is 32.4 Å². The van der Waals surface area contributed by atoms with Gasteiger partial charge in [-0.2, -0.15) is 4.73 Å². The third kappa shape index (κ3) is 5.29. The summed E-state index contributed by atoms with van der Waals surface area (Å²) in [5.74, 6) is -1.24. The van der Waals surface area contributed by atoms with E-state index in [0.29, 0.717) is 4.73 Å². The molecule has 3 rings (SSSR count). The first-order valence-electron chi connectivity index (χ1n) is 8.79. The predicted molar refractivity (Wildman–Crippen MR) is 109 cm³/mol. The van der Waals surface area contributed by atoms with Gasteiger partial charge in [-0.15, -0.1) is 13.2 Å². The van der Waals surface area contributed by atoms with E-state index in [1.165, 1.54) is 43.5 Å². The van der Waals surface area contributed by atoms with E-state index in [1.54, 1.807) is 0 Å². The van der Waals surface area contributed by atoms with E-state index in [0.717, 1.165) is 24.3 Å². The highest BCUT2D eigenvalue weighted by molar-refractivity contribution is 7.92. The Morgan fingerprint density at radius 3 is 2.38 bits per heavy atom. The van der Waals surface area contributed by atoms with E-state index >= 15 is 0 Å². The minimum absolute atomic E-state index is 0.0406. The highest BCUT2D eigenvalue weighted by Crippen LogP contribution is 2.28. The van der Waals surface area contributed by atoms with Gasteiger partial charge in [0.25, 0.3) is 10.0 Å². The molecule has 0 aliphatic carbocycles. The van der Waals surface area contributed by atoms with E-state index in [4.69, 9.17) is 11.6 Å². The molecule has 0 spiro atoms. The largest absolute Gasteiger partial charge is 0.618 e. The minimum atomic E-state index is -4.92. The fraction of sp³-hybridized carbons (Fsp3) is 0.100. The SMILES string of the molecule is Cc1c(C(=O)c2cc(Cl)ccc2NS(=O)(=O)c2ccc(OC(F)(F)F)cc2)ccc[n+]1[O-]. The van der Waals surface area contributed by atoms with Crippen LogP contribution in [0.15, 0.2) is 65.7 Å². The summed E-state index contributed by atoms with van der Waals surface area (Å²) in [6.45, 7) is 1.43. The first-order valence-corrected chi connectivity index (χ1v) is 10.7. The molecule has 2 aromatic carbocycles. The molecule has 3 aromatic rings. The molecule has 12 heteroatoms. The van der Waals surface area contributed by atoms with E-state index in [1.807, 2.05) is 0 Å². The summed E-state index contributed by atoms with van der Waals surface area (Å²) in [6.07, 6.45) is -3.71. The molecule has 0 saturated carbocycles. The zero-order valence-corrected chi connectivity index (χ0v) is 17.8. The summed E-state index contributed by atoms with van der Waals surface area (Å²) in [5.41, 5.74) is -0.103. The first-order chi connectivity index (χ1) is 14.9. The molecular weight excluding hydrogens is 473 g/mol. The Kier molecular flexibility index (Phi) is 6.33. The molecule has 1 heterocycles. The highest BCUT2D eigenvalue weighted by Gasteiger charge is 2.31. The molecule has 0 bridgehead atoms. The number of aromatic nitrogens is 1. The molecule has 32 heavy (non-hydrogen) atoms. The summed E-state index contributed by atoms with van der Waals surface area (Å²) in [6, 6.07) is 10.2. The van der Waals surface area contributed by atoms with Crippen molar-refractivity contribution in [1.29, 1.82) is 0 Å². The van der Waals surface area contributed by atoms with E-state index in [9.17, 15) is 31.6 Å². The quantitative estimate of drug-likeness (QED) is 0.319. The standard InChI is InChI=1S/C20H14ClF3N2O5S/c1-12-16(3-2-10-26(12)28)19(27)17-11-13(21)4-9-18(17)25-32(29,30)15-7-5-14(6-8-15)31-20(22,23)24/h2-11,25H,1H3. The summed E-state index contributed by atoms with van der Waals surface area (Å²) >= 11 is 5.98. The molecule has 0 aliphatic rings. The van der Waals surface area contributed by atoms with Gasteiger partial charge < -0.3 is 9.94 Å². The number of sulfonamides is 1. The van der Waals surface area contributed by atoms with Crippen LogP contribution in [0.5, 0.6) is 5.75 Å². The second-order valence-electron chi connectivity index (χ2n) is 6.48. The van der Waals surface area contributed by atoms with Crippen LogP contribution in [0.25, 0.3) is 0 Å². The molecule has 0 fully saturated rings. The Morgan fingerprint density at radius 2 is 1.75 bits per heavy atom. The lowest BCUT2D eigenvalue weighted by molar-refractivity contribution is -0.612. The maximum absolute atomic E-state index is 13.0. The fourth-order valence-corrected chi connectivity index (χ4v) is 4.02. The Labute approximate surface area is 185 Å². The molecule has 0 atom stereocenters. The van der Waals surface area contributed by atoms with Crippen molar-refractivity contribution in [2.45, 2.75) is 18.2 Å². The highest BCUT2D eigenvalue weighted by atomic mass is 35.5. The lowest BCUT2D eigenvalue weighted by atomic mass is 10.0. The lowest BCUT2D eigenvalue weighted by Crippen LogP contribution is -2.31. The lowest BCUT2D eigenvalue weighted by Gasteiger charge is -2.14. The molecule has 0 amide bonds. The molecule has 0 radical (unpaired) electrons. The van der Waals surface area contributed by atoms with Gasteiger partial charge in [0, 0.05) is 23.6 Å². The van der Waals surface area contributed by atoms with Crippen LogP contribution in [-0.4, -0.2) is 20.6 Å². The Morgan fingerprint density at radius 1 is 1.09 bits per heavy atom. The number of nitrogens with zero attached hydrogens (tertiary/aromatic N) is 1. The van der Waals surface area contributed by atoms with Crippen molar-refractivity contribution in [2.24, 2.45) is 0 Å². The number of pyridine rings is 1. The van der Waals surface area contributed by atoms with Gasteiger partial charge in [0.05, 0.1) is 16.1 Å². The van der Waals surface area contributed by atoms with Crippen molar-refractivity contribution in [2.75, 3.05) is 4.72 Å². The summed E-state index contributed by atoms with van der Waals surface area (Å²) in [7, 11) is -4.29. The van der Waals surface area contributed by atoms with Gasteiger partial charge in [0.2, 0.25) is 11.5 Å². The number of carbonyl (C=O) groups is 1. The molecule has 0 aliphatic heterocycles. The molecule has 0 unspecified atom stereocenters.